The molecule has 0 unspecified atom stereocenters. The second-order valence-electron chi connectivity index (χ2n) is 4.73. The third kappa shape index (κ3) is 2.29. The van der Waals surface area contributed by atoms with Crippen molar-refractivity contribution in [2.45, 2.75) is 13.0 Å². The molecule has 0 atom stereocenters. The number of amides is 1. The number of fused-ring (bicyclic) bond motifs is 1. The molecule has 1 aromatic carbocycles. The zero-order valence-electron chi connectivity index (χ0n) is 10.6. The third-order valence-corrected chi connectivity index (χ3v) is 4.12. The van der Waals surface area contributed by atoms with Gasteiger partial charge in [-0.2, -0.15) is 0 Å². The van der Waals surface area contributed by atoms with Crippen molar-refractivity contribution in [3.8, 4) is 0 Å². The number of nitrogens with one attached hydrogen (secondary N) is 1. The van der Waals surface area contributed by atoms with E-state index < -0.39 is 0 Å². The van der Waals surface area contributed by atoms with E-state index in [2.05, 4.69) is 21.7 Å². The summed E-state index contributed by atoms with van der Waals surface area (Å²) >= 11 is 1.73. The van der Waals surface area contributed by atoms with Crippen molar-refractivity contribution in [3.63, 3.8) is 0 Å². The molecule has 0 bridgehead atoms. The molecule has 3 rings (SSSR count). The Labute approximate surface area is 115 Å². The quantitative estimate of drug-likeness (QED) is 0.845. The fourth-order valence-corrected chi connectivity index (χ4v) is 3.09. The van der Waals surface area contributed by atoms with Gasteiger partial charge in [-0.15, -0.1) is 11.3 Å². The van der Waals surface area contributed by atoms with Crippen molar-refractivity contribution in [2.75, 3.05) is 23.0 Å². The topological polar surface area (TPSA) is 58.4 Å². The normalized spacial score (nSPS) is 13.2. The molecule has 0 saturated heterocycles. The highest BCUT2D eigenvalue weighted by Gasteiger charge is 2.20. The first-order valence-electron chi connectivity index (χ1n) is 6.09. The maximum Gasteiger partial charge on any atom is 0.228 e. The van der Waals surface area contributed by atoms with Gasteiger partial charge in [0.05, 0.1) is 24.3 Å². The van der Waals surface area contributed by atoms with Crippen LogP contribution >= 0.6 is 11.3 Å². The maximum atomic E-state index is 11.4. The Hall–Kier alpha value is -2.01. The monoisotopic (exact) mass is 273 g/mol. The largest absolute Gasteiger partial charge is 0.397 e. The van der Waals surface area contributed by atoms with E-state index in [4.69, 9.17) is 5.73 Å². The lowest BCUT2D eigenvalue weighted by molar-refractivity contribution is -0.115. The molecule has 2 aromatic rings. The highest BCUT2D eigenvalue weighted by molar-refractivity contribution is 7.09. The van der Waals surface area contributed by atoms with Crippen LogP contribution in [0.15, 0.2) is 29.6 Å². The predicted octanol–water partition coefficient (Wildman–Crippen LogP) is 2.46. The third-order valence-electron chi connectivity index (χ3n) is 3.26. The van der Waals surface area contributed by atoms with E-state index in [1.54, 1.807) is 11.3 Å². The van der Waals surface area contributed by atoms with Gasteiger partial charge in [0.15, 0.2) is 0 Å². The minimum atomic E-state index is 0.0347. The molecular weight excluding hydrogens is 258 g/mol. The molecule has 1 aliphatic rings. The molecule has 5 heteroatoms. The molecule has 4 nitrogen and oxygen atoms in total. The molecule has 2 heterocycles. The number of carbonyl (C=O) groups is 1. The molecule has 1 aromatic heterocycles. The van der Waals surface area contributed by atoms with Crippen LogP contribution in [0, 0.1) is 0 Å². The summed E-state index contributed by atoms with van der Waals surface area (Å²) < 4.78 is 0. The van der Waals surface area contributed by atoms with Crippen LogP contribution in [0.2, 0.25) is 0 Å². The lowest BCUT2D eigenvalue weighted by Gasteiger charge is -2.21. The van der Waals surface area contributed by atoms with E-state index in [-0.39, 0.29) is 5.91 Å². The molecule has 1 amide bonds. The van der Waals surface area contributed by atoms with Crippen molar-refractivity contribution in [1.82, 2.24) is 0 Å². The lowest BCUT2D eigenvalue weighted by atomic mass is 10.1. The van der Waals surface area contributed by atoms with Gasteiger partial charge in [-0.05, 0) is 29.1 Å². The van der Waals surface area contributed by atoms with Crippen molar-refractivity contribution in [2.24, 2.45) is 0 Å². The molecule has 0 saturated carbocycles. The summed E-state index contributed by atoms with van der Waals surface area (Å²) in [6, 6.07) is 8.00. The van der Waals surface area contributed by atoms with E-state index in [9.17, 15) is 4.79 Å². The van der Waals surface area contributed by atoms with Crippen LogP contribution in [0.3, 0.4) is 0 Å². The van der Waals surface area contributed by atoms with E-state index in [1.807, 2.05) is 25.2 Å². The van der Waals surface area contributed by atoms with Crippen LogP contribution in [0.5, 0.6) is 0 Å². The number of rotatable bonds is 3. The van der Waals surface area contributed by atoms with Crippen LogP contribution in [0.4, 0.5) is 17.1 Å². The fraction of sp³-hybridized carbons (Fsp3) is 0.214. The van der Waals surface area contributed by atoms with Gasteiger partial charge in [0.2, 0.25) is 5.91 Å². The smallest absolute Gasteiger partial charge is 0.228 e. The Morgan fingerprint density at radius 1 is 1.47 bits per heavy atom. The summed E-state index contributed by atoms with van der Waals surface area (Å²) in [4.78, 5) is 14.8. The molecule has 3 N–H and O–H groups in total. The first-order valence-corrected chi connectivity index (χ1v) is 6.97. The van der Waals surface area contributed by atoms with E-state index in [1.165, 1.54) is 4.88 Å². The van der Waals surface area contributed by atoms with E-state index >= 15 is 0 Å². The number of nitrogen functional groups attached to an aromatic ring is 1. The Balaban J connectivity index is 1.88. The van der Waals surface area contributed by atoms with Crippen molar-refractivity contribution in [1.29, 1.82) is 0 Å². The Kier molecular flexibility index (Phi) is 2.91. The van der Waals surface area contributed by atoms with Crippen LogP contribution < -0.4 is 16.0 Å². The molecule has 98 valence electrons. The van der Waals surface area contributed by atoms with E-state index in [0.717, 1.165) is 23.5 Å². The number of hydrogen-bond acceptors (Lipinski definition) is 4. The molecule has 0 radical (unpaired) electrons. The predicted molar refractivity (Wildman–Crippen MR) is 79.6 cm³/mol. The first-order chi connectivity index (χ1) is 9.13. The second kappa shape index (κ2) is 4.59. The highest BCUT2D eigenvalue weighted by atomic mass is 32.1. The molecule has 0 fully saturated rings. The average molecular weight is 273 g/mol. The Morgan fingerprint density at radius 2 is 2.32 bits per heavy atom. The second-order valence-corrected chi connectivity index (χ2v) is 5.76. The van der Waals surface area contributed by atoms with Crippen LogP contribution in [-0.2, 0) is 17.8 Å². The standard InChI is InChI=1S/C14H15N3OS/c1-17(8-10-3-2-4-19-10)13-7-12-9(5-11(13)15)6-14(18)16-12/h2-5,7H,6,8,15H2,1H3,(H,16,18). The molecular formula is C14H15N3OS. The number of thiophene rings is 1. The number of nitrogens with zero attached hydrogens (tertiary/aromatic N) is 1. The summed E-state index contributed by atoms with van der Waals surface area (Å²) in [6.07, 6.45) is 0.425. The van der Waals surface area contributed by atoms with Gasteiger partial charge in [-0.3, -0.25) is 4.79 Å². The SMILES string of the molecule is CN(Cc1cccs1)c1cc2c(cc1N)CC(=O)N2. The highest BCUT2D eigenvalue weighted by Crippen LogP contribution is 2.34. The lowest BCUT2D eigenvalue weighted by Crippen LogP contribution is -2.17. The van der Waals surface area contributed by atoms with Crippen LogP contribution in [0.25, 0.3) is 0 Å². The number of anilines is 3. The van der Waals surface area contributed by atoms with Gasteiger partial charge in [-0.1, -0.05) is 6.07 Å². The van der Waals surface area contributed by atoms with Crippen molar-refractivity contribution in [3.05, 3.63) is 40.1 Å². The van der Waals surface area contributed by atoms with Crippen LogP contribution in [0.1, 0.15) is 10.4 Å². The van der Waals surface area contributed by atoms with Crippen LogP contribution in [-0.4, -0.2) is 13.0 Å². The average Bonchev–Trinajstić information content (AvgIpc) is 2.96. The molecule has 0 aliphatic carbocycles. The van der Waals surface area contributed by atoms with Gasteiger partial charge < -0.3 is 16.0 Å². The molecule has 19 heavy (non-hydrogen) atoms. The number of benzene rings is 1. The number of nitrogens with two attached hydrogens (primary N) is 1. The zero-order chi connectivity index (χ0) is 13.4. The zero-order valence-corrected chi connectivity index (χ0v) is 11.5. The first kappa shape index (κ1) is 12.0. The molecule has 1 aliphatic heterocycles. The number of carbonyl (C=O) groups excluding carboxylic acids is 1. The Morgan fingerprint density at radius 3 is 3.05 bits per heavy atom. The van der Waals surface area contributed by atoms with Gasteiger partial charge in [0.25, 0.3) is 0 Å². The minimum absolute atomic E-state index is 0.0347. The van der Waals surface area contributed by atoms with Gasteiger partial charge in [-0.25, -0.2) is 0 Å². The van der Waals surface area contributed by atoms with Gasteiger partial charge >= 0.3 is 0 Å². The van der Waals surface area contributed by atoms with Crippen molar-refractivity contribution >= 4 is 34.3 Å². The summed E-state index contributed by atoms with van der Waals surface area (Å²) in [5, 5.41) is 4.93. The molecule has 0 spiro atoms. The summed E-state index contributed by atoms with van der Waals surface area (Å²) in [7, 11) is 2.01. The van der Waals surface area contributed by atoms with Crippen molar-refractivity contribution < 1.29 is 4.79 Å². The Bertz CT molecular complexity index is 622. The number of hydrogen-bond donors (Lipinski definition) is 2. The summed E-state index contributed by atoms with van der Waals surface area (Å²) in [6.45, 7) is 0.814. The van der Waals surface area contributed by atoms with E-state index in [0.29, 0.717) is 12.1 Å². The fourth-order valence-electron chi connectivity index (χ4n) is 2.33. The van der Waals surface area contributed by atoms with Gasteiger partial charge in [0.1, 0.15) is 0 Å². The summed E-state index contributed by atoms with van der Waals surface area (Å²) in [5.41, 5.74) is 9.63. The maximum absolute atomic E-state index is 11.4. The van der Waals surface area contributed by atoms with Gasteiger partial charge in [0, 0.05) is 17.6 Å². The minimum Gasteiger partial charge on any atom is -0.397 e. The summed E-state index contributed by atoms with van der Waals surface area (Å²) in [5.74, 6) is 0.0347.